The van der Waals surface area contributed by atoms with Crippen LogP contribution in [0.5, 0.6) is 5.75 Å². The van der Waals surface area contributed by atoms with E-state index in [-0.39, 0.29) is 35.1 Å². The number of halogens is 2. The lowest BCUT2D eigenvalue weighted by Crippen LogP contribution is -2.60. The summed E-state index contributed by atoms with van der Waals surface area (Å²) >= 11 is 0. The van der Waals surface area contributed by atoms with Gasteiger partial charge < -0.3 is 25.4 Å². The lowest BCUT2D eigenvalue weighted by molar-refractivity contribution is -0.136. The first kappa shape index (κ1) is 32.1. The molecule has 0 heterocycles. The Morgan fingerprint density at radius 3 is 2.32 bits per heavy atom. The standard InChI is InChI=1S/C32H34F2N4O6/c1-37(31-24(33)13-8-14-25(31)34)28(39)20-44-27-16-6-5-15-26(27)38(2,23-11-3-4-12-23)29(40)19-35-32(43)36-22-10-7-9-21(17-22)18-30(41)42/h5-10,13-17,23H,3-4,11-12,18-20H2,1-2H3,(H2-,35,36,41,42,43)/p+1. The number of benzene rings is 3. The smallest absolute Gasteiger partial charge is 0.338 e. The zero-order valence-corrected chi connectivity index (χ0v) is 24.5. The average Bonchev–Trinajstić information content (AvgIpc) is 3.54. The van der Waals surface area contributed by atoms with Crippen LogP contribution < -0.4 is 24.8 Å². The molecule has 44 heavy (non-hydrogen) atoms. The Bertz CT molecular complexity index is 1520. The topological polar surface area (TPSA) is 125 Å². The van der Waals surface area contributed by atoms with Crippen LogP contribution in [0.25, 0.3) is 0 Å². The number of amides is 4. The van der Waals surface area contributed by atoms with Gasteiger partial charge in [0.15, 0.2) is 18.0 Å². The van der Waals surface area contributed by atoms with Gasteiger partial charge in [-0.15, -0.1) is 0 Å². The van der Waals surface area contributed by atoms with Crippen LogP contribution in [0.15, 0.2) is 66.7 Å². The number of carboxylic acid groups (broad SMARTS) is 1. The quantitative estimate of drug-likeness (QED) is 0.267. The summed E-state index contributed by atoms with van der Waals surface area (Å²) in [5, 5.41) is 14.2. The molecule has 1 fully saturated rings. The molecule has 0 bridgehead atoms. The number of ether oxygens (including phenoxy) is 1. The zero-order chi connectivity index (χ0) is 31.9. The zero-order valence-electron chi connectivity index (χ0n) is 24.5. The number of quaternary nitrogens is 1. The number of hydrogen-bond acceptors (Lipinski definition) is 5. The van der Waals surface area contributed by atoms with E-state index >= 15 is 0 Å². The SMILES string of the molecule is CN(C(=O)COc1ccccc1[N+](C)(C(=O)CNC(=O)Nc1cccc(CC(=O)O)c1)C1CCCC1)c1c(F)cccc1F. The maximum Gasteiger partial charge on any atom is 0.338 e. The molecule has 1 aliphatic carbocycles. The largest absolute Gasteiger partial charge is 0.481 e. The van der Waals surface area contributed by atoms with E-state index in [1.54, 1.807) is 55.6 Å². The summed E-state index contributed by atoms with van der Waals surface area (Å²) in [4.78, 5) is 51.3. The van der Waals surface area contributed by atoms with Crippen molar-refractivity contribution < 1.29 is 37.8 Å². The van der Waals surface area contributed by atoms with Gasteiger partial charge >= 0.3 is 17.9 Å². The molecular formula is C32H35F2N4O6+. The number of aliphatic carboxylic acids is 1. The van der Waals surface area contributed by atoms with Gasteiger partial charge in [-0.05, 0) is 48.7 Å². The summed E-state index contributed by atoms with van der Waals surface area (Å²) in [6.45, 7) is -0.863. The van der Waals surface area contributed by atoms with Crippen LogP contribution in [0.1, 0.15) is 31.2 Å². The predicted molar refractivity (Wildman–Crippen MR) is 161 cm³/mol. The fraction of sp³-hybridized carbons (Fsp3) is 0.312. The van der Waals surface area contributed by atoms with Gasteiger partial charge in [0.1, 0.15) is 29.9 Å². The highest BCUT2D eigenvalue weighted by Gasteiger charge is 2.45. The molecule has 232 valence electrons. The molecule has 1 atom stereocenters. The minimum atomic E-state index is -0.999. The average molecular weight is 610 g/mol. The molecule has 4 rings (SSSR count). The molecular weight excluding hydrogens is 574 g/mol. The van der Waals surface area contributed by atoms with Crippen molar-refractivity contribution in [3.63, 3.8) is 0 Å². The second-order valence-electron chi connectivity index (χ2n) is 10.8. The lowest BCUT2D eigenvalue weighted by Gasteiger charge is -2.37. The van der Waals surface area contributed by atoms with Gasteiger partial charge in [-0.25, -0.2) is 22.9 Å². The second kappa shape index (κ2) is 14.1. The highest BCUT2D eigenvalue weighted by molar-refractivity contribution is 5.97. The third-order valence-electron chi connectivity index (χ3n) is 7.88. The highest BCUT2D eigenvalue weighted by Crippen LogP contribution is 2.39. The Kier molecular flexibility index (Phi) is 10.3. The maximum absolute atomic E-state index is 14.3. The fourth-order valence-corrected chi connectivity index (χ4v) is 5.52. The van der Waals surface area contributed by atoms with Crippen molar-refractivity contribution in [2.75, 3.05) is 37.5 Å². The lowest BCUT2D eigenvalue weighted by atomic mass is 10.1. The molecule has 12 heteroatoms. The van der Waals surface area contributed by atoms with Crippen LogP contribution in [-0.2, 0) is 20.8 Å². The molecule has 10 nitrogen and oxygen atoms in total. The third-order valence-corrected chi connectivity index (χ3v) is 7.88. The molecule has 3 aromatic carbocycles. The number of nitrogens with one attached hydrogen (secondary N) is 2. The van der Waals surface area contributed by atoms with E-state index in [4.69, 9.17) is 9.84 Å². The summed E-state index contributed by atoms with van der Waals surface area (Å²) in [7, 11) is 3.00. The summed E-state index contributed by atoms with van der Waals surface area (Å²) in [5.41, 5.74) is 0.886. The van der Waals surface area contributed by atoms with Gasteiger partial charge in [0.05, 0.1) is 13.5 Å². The first-order valence-corrected chi connectivity index (χ1v) is 14.2. The summed E-state index contributed by atoms with van der Waals surface area (Å²) in [6.07, 6.45) is 3.16. The van der Waals surface area contributed by atoms with Crippen LogP contribution in [0.2, 0.25) is 0 Å². The van der Waals surface area contributed by atoms with Crippen LogP contribution in [0, 0.1) is 11.6 Å². The number of anilines is 2. The Morgan fingerprint density at radius 2 is 1.64 bits per heavy atom. The van der Waals surface area contributed by atoms with Crippen molar-refractivity contribution in [2.24, 2.45) is 0 Å². The molecule has 0 aliphatic heterocycles. The van der Waals surface area contributed by atoms with E-state index in [1.807, 2.05) is 0 Å². The van der Waals surface area contributed by atoms with E-state index < -0.39 is 41.8 Å². The highest BCUT2D eigenvalue weighted by atomic mass is 19.1. The molecule has 1 aliphatic rings. The van der Waals surface area contributed by atoms with Crippen LogP contribution in [-0.4, -0.2) is 62.2 Å². The molecule has 0 radical (unpaired) electrons. The fourth-order valence-electron chi connectivity index (χ4n) is 5.52. The van der Waals surface area contributed by atoms with Crippen LogP contribution in [0.3, 0.4) is 0 Å². The molecule has 0 aromatic heterocycles. The van der Waals surface area contributed by atoms with Crippen molar-refractivity contribution in [3.8, 4) is 5.75 Å². The van der Waals surface area contributed by atoms with Crippen molar-refractivity contribution in [1.82, 2.24) is 9.80 Å². The first-order valence-electron chi connectivity index (χ1n) is 14.2. The Labute approximate surface area is 253 Å². The van der Waals surface area contributed by atoms with Crippen molar-refractivity contribution in [3.05, 3.63) is 83.9 Å². The first-order chi connectivity index (χ1) is 21.0. The van der Waals surface area contributed by atoms with Gasteiger partial charge in [0, 0.05) is 31.6 Å². The number of carboxylic acids is 1. The molecule has 3 aromatic rings. The predicted octanol–water partition coefficient (Wildman–Crippen LogP) is 4.86. The number of urea groups is 1. The monoisotopic (exact) mass is 609 g/mol. The van der Waals surface area contributed by atoms with Gasteiger partial charge in [0.2, 0.25) is 0 Å². The Hall–Kier alpha value is -4.84. The minimum absolute atomic E-state index is 0.115. The Balaban J connectivity index is 1.49. The van der Waals surface area contributed by atoms with E-state index in [9.17, 15) is 28.0 Å². The number of rotatable bonds is 11. The third kappa shape index (κ3) is 7.38. The Morgan fingerprint density at radius 1 is 0.977 bits per heavy atom. The number of hydrogen-bond donors (Lipinski definition) is 3. The van der Waals surface area contributed by atoms with E-state index in [0.29, 0.717) is 16.9 Å². The number of carbonyl (C=O) groups is 4. The molecule has 0 spiro atoms. The summed E-state index contributed by atoms with van der Waals surface area (Å²) in [6, 6.07) is 15.8. The number of carbonyl (C=O) groups excluding carboxylic acids is 3. The van der Waals surface area contributed by atoms with Crippen LogP contribution in [0.4, 0.5) is 30.6 Å². The molecule has 1 saturated carbocycles. The molecule has 1 unspecified atom stereocenters. The molecule has 4 amide bonds. The number of nitrogens with zero attached hydrogens (tertiary/aromatic N) is 2. The van der Waals surface area contributed by atoms with E-state index in [0.717, 1.165) is 42.7 Å². The summed E-state index contributed by atoms with van der Waals surface area (Å²) in [5.74, 6) is -3.54. The minimum Gasteiger partial charge on any atom is -0.481 e. The van der Waals surface area contributed by atoms with Gasteiger partial charge in [-0.2, -0.15) is 0 Å². The van der Waals surface area contributed by atoms with Crippen LogP contribution >= 0.6 is 0 Å². The van der Waals surface area contributed by atoms with E-state index in [1.165, 1.54) is 13.1 Å². The molecule has 3 N–H and O–H groups in total. The second-order valence-corrected chi connectivity index (χ2v) is 10.8. The normalized spacial score (nSPS) is 14.4. The van der Waals surface area contributed by atoms with Crippen molar-refractivity contribution >= 4 is 40.9 Å². The molecule has 0 saturated heterocycles. The number of likely N-dealkylation sites (N-methyl/N-ethyl adjacent to an activating group) is 2. The van der Waals surface area contributed by atoms with Crippen molar-refractivity contribution in [2.45, 2.75) is 38.1 Å². The van der Waals surface area contributed by atoms with Gasteiger partial charge in [-0.1, -0.05) is 30.3 Å². The van der Waals surface area contributed by atoms with Gasteiger partial charge in [-0.3, -0.25) is 9.59 Å². The number of para-hydroxylation sites is 3. The maximum atomic E-state index is 14.3. The van der Waals surface area contributed by atoms with E-state index in [2.05, 4.69) is 10.6 Å². The van der Waals surface area contributed by atoms with Crippen molar-refractivity contribution in [1.29, 1.82) is 0 Å². The van der Waals surface area contributed by atoms with Gasteiger partial charge in [0.25, 0.3) is 5.91 Å². The summed E-state index contributed by atoms with van der Waals surface area (Å²) < 4.78 is 34.2.